The maximum Gasteiger partial charge on any atom is 0.247 e. The minimum atomic E-state index is -3.70. The average Bonchev–Trinajstić information content (AvgIpc) is 3.34. The number of ether oxygens (including phenoxy) is 1. The van der Waals surface area contributed by atoms with Gasteiger partial charge in [-0.1, -0.05) is 30.3 Å². The Labute approximate surface area is 165 Å². The summed E-state index contributed by atoms with van der Waals surface area (Å²) in [4.78, 5) is 12.9. The largest absolute Gasteiger partial charge is 0.491 e. The summed E-state index contributed by atoms with van der Waals surface area (Å²) in [5.41, 5.74) is 1.49. The lowest BCUT2D eigenvalue weighted by Crippen LogP contribution is -2.41. The normalized spacial score (nSPS) is 25.3. The predicted octanol–water partition coefficient (Wildman–Crippen LogP) is 3.02. The van der Waals surface area contributed by atoms with Crippen molar-refractivity contribution in [2.75, 3.05) is 11.9 Å². The zero-order valence-electron chi connectivity index (χ0n) is 16.0. The van der Waals surface area contributed by atoms with Crippen LogP contribution in [0.25, 0.3) is 0 Å². The first kappa shape index (κ1) is 19.0. The van der Waals surface area contributed by atoms with Gasteiger partial charge >= 0.3 is 0 Å². The number of anilines is 1. The van der Waals surface area contributed by atoms with Gasteiger partial charge in [0.25, 0.3) is 0 Å². The van der Waals surface area contributed by atoms with E-state index in [1.54, 1.807) is 24.3 Å². The summed E-state index contributed by atoms with van der Waals surface area (Å²) < 4.78 is 31.9. The number of nitrogens with one attached hydrogen (secondary N) is 1. The predicted molar refractivity (Wildman–Crippen MR) is 107 cm³/mol. The fourth-order valence-electron chi connectivity index (χ4n) is 3.87. The molecule has 2 atom stereocenters. The van der Waals surface area contributed by atoms with E-state index in [4.69, 9.17) is 4.74 Å². The van der Waals surface area contributed by atoms with E-state index in [0.29, 0.717) is 30.9 Å². The lowest BCUT2D eigenvalue weighted by molar-refractivity contribution is -0.116. The summed E-state index contributed by atoms with van der Waals surface area (Å²) >= 11 is 0. The van der Waals surface area contributed by atoms with Crippen molar-refractivity contribution in [2.45, 2.75) is 37.7 Å². The van der Waals surface area contributed by atoms with Crippen molar-refractivity contribution in [1.82, 2.24) is 4.31 Å². The Bertz CT molecular complexity index is 973. The second-order valence-corrected chi connectivity index (χ2v) is 9.91. The van der Waals surface area contributed by atoms with Crippen LogP contribution in [0.5, 0.6) is 5.75 Å². The molecule has 0 unspecified atom stereocenters. The smallest absolute Gasteiger partial charge is 0.247 e. The number of carbonyl (C=O) groups excluding carboxylic acids is 1. The molecule has 0 spiro atoms. The highest BCUT2D eigenvalue weighted by atomic mass is 32.2. The van der Waals surface area contributed by atoms with Gasteiger partial charge in [0.15, 0.2) is 4.75 Å². The highest BCUT2D eigenvalue weighted by molar-refractivity contribution is 7.92. The third kappa shape index (κ3) is 3.18. The van der Waals surface area contributed by atoms with Gasteiger partial charge in [0.1, 0.15) is 5.75 Å². The molecule has 1 saturated heterocycles. The standard InChI is InChI=1S/C21H24N2O4S/c1-15(2)27-19-10-8-18(9-11-19)22-20(24)21-12-17(21)14-23(28(21,25)26)13-16-6-4-3-5-7-16/h3-11,15,17H,12-14H2,1-2H3,(H,22,24)/t17-,21-/m1/s1. The summed E-state index contributed by atoms with van der Waals surface area (Å²) in [6, 6.07) is 16.4. The van der Waals surface area contributed by atoms with Crippen LogP contribution in [0, 0.1) is 5.92 Å². The van der Waals surface area contributed by atoms with Gasteiger partial charge in [0.05, 0.1) is 6.10 Å². The summed E-state index contributed by atoms with van der Waals surface area (Å²) in [5, 5.41) is 2.79. The molecule has 2 fully saturated rings. The molecule has 6 nitrogen and oxygen atoms in total. The molecule has 28 heavy (non-hydrogen) atoms. The number of fused-ring (bicyclic) bond motifs is 1. The minimum absolute atomic E-state index is 0.0609. The van der Waals surface area contributed by atoms with Crippen molar-refractivity contribution >= 4 is 21.6 Å². The summed E-state index contributed by atoms with van der Waals surface area (Å²) in [5.74, 6) is 0.119. The van der Waals surface area contributed by atoms with Crippen LogP contribution in [0.15, 0.2) is 54.6 Å². The Kier molecular flexibility index (Phi) is 4.67. The van der Waals surface area contributed by atoms with Crippen molar-refractivity contribution in [3.63, 3.8) is 0 Å². The number of rotatable bonds is 6. The van der Waals surface area contributed by atoms with E-state index in [0.717, 1.165) is 5.56 Å². The monoisotopic (exact) mass is 400 g/mol. The molecule has 2 aromatic rings. The van der Waals surface area contributed by atoms with Gasteiger partial charge in [-0.05, 0) is 50.1 Å². The quantitative estimate of drug-likeness (QED) is 0.809. The van der Waals surface area contributed by atoms with Crippen LogP contribution in [0.3, 0.4) is 0 Å². The van der Waals surface area contributed by atoms with E-state index in [1.807, 2.05) is 44.2 Å². The molecule has 1 heterocycles. The molecular weight excluding hydrogens is 376 g/mol. The van der Waals surface area contributed by atoms with E-state index < -0.39 is 20.7 Å². The summed E-state index contributed by atoms with van der Waals surface area (Å²) in [6.07, 6.45) is 0.451. The fourth-order valence-corrected chi connectivity index (χ4v) is 6.22. The second kappa shape index (κ2) is 6.90. The topological polar surface area (TPSA) is 75.7 Å². The Morgan fingerprint density at radius 1 is 1.18 bits per heavy atom. The third-order valence-corrected chi connectivity index (χ3v) is 7.91. The average molecular weight is 400 g/mol. The van der Waals surface area contributed by atoms with Crippen LogP contribution in [-0.4, -0.2) is 36.0 Å². The first-order valence-corrected chi connectivity index (χ1v) is 10.9. The molecule has 1 N–H and O–H groups in total. The zero-order valence-corrected chi connectivity index (χ0v) is 16.8. The maximum atomic E-state index is 13.1. The molecule has 2 aromatic carbocycles. The minimum Gasteiger partial charge on any atom is -0.491 e. The molecule has 7 heteroatoms. The van der Waals surface area contributed by atoms with Gasteiger partial charge < -0.3 is 10.1 Å². The molecule has 2 aliphatic rings. The Balaban J connectivity index is 1.47. The molecule has 0 aromatic heterocycles. The van der Waals surface area contributed by atoms with Crippen LogP contribution in [0.1, 0.15) is 25.8 Å². The molecule has 0 radical (unpaired) electrons. The summed E-state index contributed by atoms with van der Waals surface area (Å²) in [7, 11) is -3.70. The van der Waals surface area contributed by atoms with Gasteiger partial charge in [-0.2, -0.15) is 4.31 Å². The van der Waals surface area contributed by atoms with E-state index >= 15 is 0 Å². The van der Waals surface area contributed by atoms with Gasteiger partial charge in [0, 0.05) is 24.7 Å². The number of sulfonamides is 1. The zero-order chi connectivity index (χ0) is 19.9. The van der Waals surface area contributed by atoms with Crippen molar-refractivity contribution in [3.8, 4) is 5.75 Å². The first-order chi connectivity index (χ1) is 13.3. The van der Waals surface area contributed by atoms with E-state index in [2.05, 4.69) is 5.32 Å². The van der Waals surface area contributed by atoms with Gasteiger partial charge in [-0.25, -0.2) is 8.42 Å². The maximum absolute atomic E-state index is 13.1. The molecule has 148 valence electrons. The molecule has 1 saturated carbocycles. The van der Waals surface area contributed by atoms with E-state index in [1.165, 1.54) is 4.31 Å². The van der Waals surface area contributed by atoms with Crippen LogP contribution in [0.4, 0.5) is 5.69 Å². The van der Waals surface area contributed by atoms with Crippen molar-refractivity contribution < 1.29 is 17.9 Å². The fraction of sp³-hybridized carbons (Fsp3) is 0.381. The number of nitrogens with zero attached hydrogens (tertiary/aromatic N) is 1. The lowest BCUT2D eigenvalue weighted by Gasteiger charge is -2.21. The van der Waals surface area contributed by atoms with Gasteiger partial charge in [-0.15, -0.1) is 0 Å². The Morgan fingerprint density at radius 2 is 1.86 bits per heavy atom. The highest BCUT2D eigenvalue weighted by Crippen LogP contribution is 2.58. The number of amides is 1. The molecule has 1 aliphatic carbocycles. The number of hydrogen-bond acceptors (Lipinski definition) is 4. The van der Waals surface area contributed by atoms with E-state index in [9.17, 15) is 13.2 Å². The lowest BCUT2D eigenvalue weighted by atomic mass is 10.2. The van der Waals surface area contributed by atoms with Crippen LogP contribution in [0.2, 0.25) is 0 Å². The molecule has 4 rings (SSSR count). The number of carbonyl (C=O) groups is 1. The SMILES string of the molecule is CC(C)Oc1ccc(NC(=O)[C@@]23C[C@@H]2CN(Cc2ccccc2)S3(=O)=O)cc1. The molecule has 0 bridgehead atoms. The van der Waals surface area contributed by atoms with Crippen LogP contribution < -0.4 is 10.1 Å². The van der Waals surface area contributed by atoms with Crippen LogP contribution >= 0.6 is 0 Å². The van der Waals surface area contributed by atoms with Crippen molar-refractivity contribution in [3.05, 3.63) is 60.2 Å². The Hall–Kier alpha value is -2.38. The third-order valence-electron chi connectivity index (χ3n) is 5.34. The first-order valence-electron chi connectivity index (χ1n) is 9.45. The number of hydrogen-bond donors (Lipinski definition) is 1. The van der Waals surface area contributed by atoms with Crippen molar-refractivity contribution in [2.24, 2.45) is 5.92 Å². The second-order valence-electron chi connectivity index (χ2n) is 7.72. The molecular formula is C21H24N2O4S. The molecule has 1 amide bonds. The van der Waals surface area contributed by atoms with Crippen molar-refractivity contribution in [1.29, 1.82) is 0 Å². The Morgan fingerprint density at radius 3 is 2.50 bits per heavy atom. The van der Waals surface area contributed by atoms with Crippen LogP contribution in [-0.2, 0) is 21.4 Å². The van der Waals surface area contributed by atoms with Gasteiger partial charge in [0.2, 0.25) is 15.9 Å². The highest BCUT2D eigenvalue weighted by Gasteiger charge is 2.75. The summed E-state index contributed by atoms with van der Waals surface area (Å²) in [6.45, 7) is 4.57. The molecule has 1 aliphatic heterocycles. The van der Waals surface area contributed by atoms with E-state index in [-0.39, 0.29) is 12.0 Å². The van der Waals surface area contributed by atoms with Gasteiger partial charge in [-0.3, -0.25) is 4.79 Å². The number of benzene rings is 2.